The molecule has 154 valence electrons. The van der Waals surface area contributed by atoms with Crippen LogP contribution < -0.4 is 10.0 Å². The highest BCUT2D eigenvalue weighted by molar-refractivity contribution is 7.92. The van der Waals surface area contributed by atoms with Crippen molar-refractivity contribution in [1.82, 2.24) is 5.32 Å². The Bertz CT molecular complexity index is 1190. The lowest BCUT2D eigenvalue weighted by Crippen LogP contribution is -2.25. The number of anilines is 1. The second-order valence-corrected chi connectivity index (χ2v) is 8.75. The molecule has 3 aromatic carbocycles. The number of carbonyl (C=O) groups is 2. The van der Waals surface area contributed by atoms with Gasteiger partial charge in [-0.2, -0.15) is 0 Å². The van der Waals surface area contributed by atoms with E-state index < -0.39 is 10.0 Å². The molecule has 30 heavy (non-hydrogen) atoms. The SMILES string of the molecule is Cc1ccc(C(=O)c2ccccc2C(=O)NCc2cccc(NS(C)(=O)=O)c2)cc1. The minimum absolute atomic E-state index is 0.186. The fourth-order valence-electron chi connectivity index (χ4n) is 2.98. The topological polar surface area (TPSA) is 92.3 Å². The lowest BCUT2D eigenvalue weighted by atomic mass is 9.97. The van der Waals surface area contributed by atoms with Gasteiger partial charge in [-0.1, -0.05) is 60.2 Å². The van der Waals surface area contributed by atoms with Crippen molar-refractivity contribution in [1.29, 1.82) is 0 Å². The van der Waals surface area contributed by atoms with Crippen LogP contribution in [0.2, 0.25) is 0 Å². The fourth-order valence-corrected chi connectivity index (χ4v) is 3.53. The Hall–Kier alpha value is -3.45. The van der Waals surface area contributed by atoms with Gasteiger partial charge in [0.1, 0.15) is 0 Å². The van der Waals surface area contributed by atoms with Crippen molar-refractivity contribution < 1.29 is 18.0 Å². The average Bonchev–Trinajstić information content (AvgIpc) is 2.71. The molecule has 0 heterocycles. The van der Waals surface area contributed by atoms with Crippen molar-refractivity contribution in [3.05, 3.63) is 101 Å². The number of ketones is 1. The first-order valence-corrected chi connectivity index (χ1v) is 11.2. The van der Waals surface area contributed by atoms with Crippen LogP contribution in [0.25, 0.3) is 0 Å². The molecular formula is C23H22N2O4S. The molecule has 0 aliphatic carbocycles. The molecule has 0 radical (unpaired) electrons. The molecule has 7 heteroatoms. The van der Waals surface area contributed by atoms with E-state index in [2.05, 4.69) is 10.0 Å². The summed E-state index contributed by atoms with van der Waals surface area (Å²) < 4.78 is 25.2. The highest BCUT2D eigenvalue weighted by Gasteiger charge is 2.18. The summed E-state index contributed by atoms with van der Waals surface area (Å²) in [6.07, 6.45) is 1.07. The van der Waals surface area contributed by atoms with Gasteiger partial charge in [-0.05, 0) is 30.7 Å². The summed E-state index contributed by atoms with van der Waals surface area (Å²) in [5.41, 5.74) is 3.31. The predicted molar refractivity (Wildman–Crippen MR) is 117 cm³/mol. The Kier molecular flexibility index (Phi) is 6.32. The van der Waals surface area contributed by atoms with Crippen LogP contribution >= 0.6 is 0 Å². The van der Waals surface area contributed by atoms with E-state index in [1.54, 1.807) is 60.7 Å². The number of aryl methyl sites for hydroxylation is 1. The Morgan fingerprint density at radius 1 is 0.867 bits per heavy atom. The summed E-state index contributed by atoms with van der Waals surface area (Å²) in [6.45, 7) is 2.13. The molecule has 6 nitrogen and oxygen atoms in total. The van der Waals surface area contributed by atoms with Crippen LogP contribution in [0.3, 0.4) is 0 Å². The first-order valence-electron chi connectivity index (χ1n) is 9.28. The van der Waals surface area contributed by atoms with Crippen LogP contribution in [-0.4, -0.2) is 26.4 Å². The molecule has 0 bridgehead atoms. The Morgan fingerprint density at radius 2 is 1.53 bits per heavy atom. The van der Waals surface area contributed by atoms with Gasteiger partial charge in [0.05, 0.1) is 11.8 Å². The van der Waals surface area contributed by atoms with Crippen LogP contribution in [0.4, 0.5) is 5.69 Å². The Morgan fingerprint density at radius 3 is 2.20 bits per heavy atom. The van der Waals surface area contributed by atoms with Gasteiger partial charge in [0, 0.05) is 23.4 Å². The van der Waals surface area contributed by atoms with E-state index in [0.717, 1.165) is 17.4 Å². The molecule has 3 aromatic rings. The van der Waals surface area contributed by atoms with E-state index in [-0.39, 0.29) is 23.8 Å². The van der Waals surface area contributed by atoms with Crippen LogP contribution in [-0.2, 0) is 16.6 Å². The number of sulfonamides is 1. The van der Waals surface area contributed by atoms with Crippen LogP contribution in [0, 0.1) is 6.92 Å². The van der Waals surface area contributed by atoms with Crippen molar-refractivity contribution in [2.45, 2.75) is 13.5 Å². The van der Waals surface area contributed by atoms with Crippen molar-refractivity contribution in [3.8, 4) is 0 Å². The summed E-state index contributed by atoms with van der Waals surface area (Å²) >= 11 is 0. The zero-order chi connectivity index (χ0) is 21.7. The summed E-state index contributed by atoms with van der Waals surface area (Å²) in [5, 5.41) is 2.79. The van der Waals surface area contributed by atoms with E-state index in [1.807, 2.05) is 19.1 Å². The smallest absolute Gasteiger partial charge is 0.252 e. The number of nitrogens with one attached hydrogen (secondary N) is 2. The third-order valence-electron chi connectivity index (χ3n) is 4.41. The molecule has 1 amide bonds. The van der Waals surface area contributed by atoms with Gasteiger partial charge in [-0.3, -0.25) is 14.3 Å². The van der Waals surface area contributed by atoms with Gasteiger partial charge in [0.2, 0.25) is 10.0 Å². The molecule has 0 spiro atoms. The molecule has 0 aromatic heterocycles. The van der Waals surface area contributed by atoms with E-state index in [4.69, 9.17) is 0 Å². The largest absolute Gasteiger partial charge is 0.348 e. The predicted octanol–water partition coefficient (Wildman–Crippen LogP) is 3.53. The highest BCUT2D eigenvalue weighted by Crippen LogP contribution is 2.16. The molecule has 0 saturated heterocycles. The number of rotatable bonds is 7. The third kappa shape index (κ3) is 5.55. The summed E-state index contributed by atoms with van der Waals surface area (Å²) in [7, 11) is -3.39. The Balaban J connectivity index is 1.76. The zero-order valence-corrected chi connectivity index (χ0v) is 17.5. The number of hydrogen-bond acceptors (Lipinski definition) is 4. The lowest BCUT2D eigenvalue weighted by molar-refractivity contribution is 0.0939. The van der Waals surface area contributed by atoms with E-state index in [9.17, 15) is 18.0 Å². The lowest BCUT2D eigenvalue weighted by Gasteiger charge is -2.11. The summed E-state index contributed by atoms with van der Waals surface area (Å²) in [6, 6.07) is 20.6. The van der Waals surface area contributed by atoms with Gasteiger partial charge in [-0.25, -0.2) is 8.42 Å². The summed E-state index contributed by atoms with van der Waals surface area (Å²) in [4.78, 5) is 25.7. The van der Waals surface area contributed by atoms with Crippen LogP contribution in [0.15, 0.2) is 72.8 Å². The maximum Gasteiger partial charge on any atom is 0.252 e. The van der Waals surface area contributed by atoms with Crippen molar-refractivity contribution in [2.24, 2.45) is 0 Å². The first-order chi connectivity index (χ1) is 14.2. The summed E-state index contributed by atoms with van der Waals surface area (Å²) in [5.74, 6) is -0.604. The molecule has 0 aliphatic rings. The molecule has 3 rings (SSSR count). The Labute approximate surface area is 176 Å². The van der Waals surface area contributed by atoms with E-state index in [0.29, 0.717) is 16.8 Å². The molecule has 0 fully saturated rings. The van der Waals surface area contributed by atoms with Crippen LogP contribution in [0.5, 0.6) is 0 Å². The normalized spacial score (nSPS) is 11.0. The van der Waals surface area contributed by atoms with Gasteiger partial charge in [-0.15, -0.1) is 0 Å². The van der Waals surface area contributed by atoms with Crippen molar-refractivity contribution in [3.63, 3.8) is 0 Å². The van der Waals surface area contributed by atoms with Crippen LogP contribution in [0.1, 0.15) is 37.4 Å². The minimum Gasteiger partial charge on any atom is -0.348 e. The number of benzene rings is 3. The second kappa shape index (κ2) is 8.92. The van der Waals surface area contributed by atoms with Crippen molar-refractivity contribution >= 4 is 27.4 Å². The molecule has 0 aliphatic heterocycles. The molecule has 0 atom stereocenters. The van der Waals surface area contributed by atoms with Gasteiger partial charge < -0.3 is 5.32 Å². The molecule has 0 unspecified atom stereocenters. The maximum absolute atomic E-state index is 12.9. The average molecular weight is 423 g/mol. The first kappa shape index (κ1) is 21.3. The number of carbonyl (C=O) groups excluding carboxylic acids is 2. The minimum atomic E-state index is -3.39. The maximum atomic E-state index is 12.9. The van der Waals surface area contributed by atoms with E-state index >= 15 is 0 Å². The quantitative estimate of drug-likeness (QED) is 0.570. The van der Waals surface area contributed by atoms with Gasteiger partial charge in [0.15, 0.2) is 5.78 Å². The van der Waals surface area contributed by atoms with Gasteiger partial charge >= 0.3 is 0 Å². The monoisotopic (exact) mass is 422 g/mol. The highest BCUT2D eigenvalue weighted by atomic mass is 32.2. The number of amides is 1. The second-order valence-electron chi connectivity index (χ2n) is 7.00. The molecule has 2 N–H and O–H groups in total. The third-order valence-corrected chi connectivity index (χ3v) is 5.02. The molecular weight excluding hydrogens is 400 g/mol. The van der Waals surface area contributed by atoms with Crippen molar-refractivity contribution in [2.75, 3.05) is 11.0 Å². The molecule has 0 saturated carbocycles. The van der Waals surface area contributed by atoms with E-state index in [1.165, 1.54) is 0 Å². The zero-order valence-electron chi connectivity index (χ0n) is 16.7. The standard InChI is InChI=1S/C23H22N2O4S/c1-16-10-12-18(13-11-16)22(26)20-8-3-4-9-21(20)23(27)24-15-17-6-5-7-19(14-17)25-30(2,28)29/h3-14,25H,15H2,1-2H3,(H,24,27). The fraction of sp³-hybridized carbons (Fsp3) is 0.130. The number of hydrogen-bond donors (Lipinski definition) is 2. The van der Waals surface area contributed by atoms with Gasteiger partial charge in [0.25, 0.3) is 5.91 Å².